The van der Waals surface area contributed by atoms with Gasteiger partial charge in [-0.3, -0.25) is 4.57 Å². The van der Waals surface area contributed by atoms with Crippen molar-refractivity contribution in [3.05, 3.63) is 75.1 Å². The number of ether oxygens (including phenoxy) is 1. The molecule has 0 spiro atoms. The predicted molar refractivity (Wildman–Crippen MR) is 134 cm³/mol. The van der Waals surface area contributed by atoms with E-state index in [-0.39, 0.29) is 33.3 Å². The van der Waals surface area contributed by atoms with Gasteiger partial charge in [-0.05, 0) is 53.2 Å². The van der Waals surface area contributed by atoms with E-state index in [1.807, 2.05) is 0 Å². The zero-order valence-corrected chi connectivity index (χ0v) is 22.4. The molecule has 9 nitrogen and oxygen atoms in total. The fraction of sp³-hybridized carbons (Fsp3) is 0.333. The van der Waals surface area contributed by atoms with Gasteiger partial charge in [-0.2, -0.15) is 13.2 Å². The molecule has 2 aromatic heterocycles. The minimum Gasteiger partial charge on any atom is -0.394 e. The minimum atomic E-state index is -4.70. The largest absolute Gasteiger partial charge is 0.418 e. The maximum atomic E-state index is 14.1. The Hall–Kier alpha value is -2.91. The molecule has 15 heteroatoms. The summed E-state index contributed by atoms with van der Waals surface area (Å²) >= 11 is 9.14. The van der Waals surface area contributed by atoms with Crippen LogP contribution < -0.4 is 0 Å². The van der Waals surface area contributed by atoms with Crippen LogP contribution in [0, 0.1) is 12.7 Å². The Balaban J connectivity index is 1.53. The number of hydrogen-bond donors (Lipinski definition) is 2. The third-order valence-corrected chi connectivity index (χ3v) is 7.34. The second-order valence-electron chi connectivity index (χ2n) is 8.95. The lowest BCUT2D eigenvalue weighted by molar-refractivity contribution is -0.161. The molecular weight excluding hydrogens is 612 g/mol. The van der Waals surface area contributed by atoms with E-state index in [0.29, 0.717) is 11.3 Å². The second-order valence-corrected chi connectivity index (χ2v) is 10.2. The van der Waals surface area contributed by atoms with Crippen LogP contribution in [-0.2, 0) is 10.9 Å². The number of aliphatic hydroxyl groups is 2. The summed E-state index contributed by atoms with van der Waals surface area (Å²) in [4.78, 5) is 0. The average Bonchev–Trinajstić information content (AvgIpc) is 3.52. The highest BCUT2D eigenvalue weighted by molar-refractivity contribution is 9.10. The van der Waals surface area contributed by atoms with Crippen LogP contribution >= 0.6 is 27.5 Å². The maximum absolute atomic E-state index is 14.1. The van der Waals surface area contributed by atoms with E-state index in [4.69, 9.17) is 16.3 Å². The van der Waals surface area contributed by atoms with E-state index in [1.54, 1.807) is 6.07 Å². The molecule has 2 aromatic carbocycles. The molecule has 4 atom stereocenters. The molecule has 1 saturated heterocycles. The average molecular weight is 632 g/mol. The first-order valence-electron chi connectivity index (χ1n) is 11.6. The van der Waals surface area contributed by atoms with E-state index in [1.165, 1.54) is 34.5 Å². The molecular formula is C24H20BrClF4N6O3. The highest BCUT2D eigenvalue weighted by Crippen LogP contribution is 2.41. The van der Waals surface area contributed by atoms with E-state index >= 15 is 0 Å². The molecule has 0 saturated carbocycles. The van der Waals surface area contributed by atoms with Crippen molar-refractivity contribution in [1.82, 2.24) is 29.8 Å². The van der Waals surface area contributed by atoms with Crippen LogP contribution in [0.1, 0.15) is 35.8 Å². The summed E-state index contributed by atoms with van der Waals surface area (Å²) < 4.78 is 64.4. The summed E-state index contributed by atoms with van der Waals surface area (Å²) in [7, 11) is 0. The SMILES string of the molecule is Cc1nnc(C2CC(n3cc(-c4ccc(Br)c(F)c4)nn3)C(O)C(CO)O2)n1-c1cc(Cl)ccc1C(F)(F)F. The van der Waals surface area contributed by atoms with Gasteiger partial charge in [-0.1, -0.05) is 22.9 Å². The van der Waals surface area contributed by atoms with Crippen LogP contribution in [0.2, 0.25) is 5.02 Å². The van der Waals surface area contributed by atoms with Gasteiger partial charge >= 0.3 is 6.18 Å². The Labute approximate surface area is 232 Å². The Morgan fingerprint density at radius 1 is 1.15 bits per heavy atom. The fourth-order valence-corrected chi connectivity index (χ4v) is 4.99. The first-order valence-corrected chi connectivity index (χ1v) is 12.8. The van der Waals surface area contributed by atoms with Crippen LogP contribution in [-0.4, -0.2) is 58.8 Å². The third kappa shape index (κ3) is 5.31. The maximum Gasteiger partial charge on any atom is 0.418 e. The van der Waals surface area contributed by atoms with Crippen molar-refractivity contribution in [2.24, 2.45) is 0 Å². The minimum absolute atomic E-state index is 0.00475. The molecule has 4 aromatic rings. The Bertz CT molecular complexity index is 1510. The van der Waals surface area contributed by atoms with Gasteiger partial charge in [0.05, 0.1) is 34.6 Å². The Kier molecular flexibility index (Phi) is 7.50. The molecule has 0 aliphatic carbocycles. The van der Waals surface area contributed by atoms with Gasteiger partial charge < -0.3 is 14.9 Å². The van der Waals surface area contributed by atoms with Crippen LogP contribution in [0.25, 0.3) is 16.9 Å². The molecule has 0 amide bonds. The van der Waals surface area contributed by atoms with Crippen molar-refractivity contribution in [2.75, 3.05) is 6.61 Å². The van der Waals surface area contributed by atoms with Gasteiger partial charge in [-0.25, -0.2) is 9.07 Å². The monoisotopic (exact) mass is 630 g/mol. The molecule has 1 aliphatic rings. The summed E-state index contributed by atoms with van der Waals surface area (Å²) in [5.41, 5.74) is -0.482. The normalized spacial score (nSPS) is 21.9. The molecule has 206 valence electrons. The molecule has 1 aliphatic heterocycles. The quantitative estimate of drug-likeness (QED) is 0.304. The number of hydrogen-bond acceptors (Lipinski definition) is 7. The van der Waals surface area contributed by atoms with Crippen molar-refractivity contribution in [2.45, 2.75) is 43.9 Å². The number of halogens is 6. The lowest BCUT2D eigenvalue weighted by Crippen LogP contribution is -2.45. The molecule has 39 heavy (non-hydrogen) atoms. The van der Waals surface area contributed by atoms with Crippen molar-refractivity contribution >= 4 is 27.5 Å². The summed E-state index contributed by atoms with van der Waals surface area (Å²) in [6.07, 6.45) is -6.58. The number of rotatable bonds is 5. The highest BCUT2D eigenvalue weighted by atomic mass is 79.9. The van der Waals surface area contributed by atoms with Gasteiger partial charge in [0.25, 0.3) is 0 Å². The first kappa shape index (κ1) is 27.6. The molecule has 0 radical (unpaired) electrons. The highest BCUT2D eigenvalue weighted by Gasteiger charge is 2.43. The smallest absolute Gasteiger partial charge is 0.394 e. The third-order valence-electron chi connectivity index (χ3n) is 6.46. The van der Waals surface area contributed by atoms with Gasteiger partial charge in [0.2, 0.25) is 0 Å². The predicted octanol–water partition coefficient (Wildman–Crippen LogP) is 4.83. The molecule has 2 N–H and O–H groups in total. The fourth-order valence-electron chi connectivity index (χ4n) is 4.58. The molecule has 0 bridgehead atoms. The number of benzene rings is 2. The summed E-state index contributed by atoms with van der Waals surface area (Å²) in [6.45, 7) is 0.892. The summed E-state index contributed by atoms with van der Waals surface area (Å²) in [5, 5.41) is 37.2. The zero-order valence-electron chi connectivity index (χ0n) is 20.0. The van der Waals surface area contributed by atoms with Crippen molar-refractivity contribution in [3.8, 4) is 16.9 Å². The van der Waals surface area contributed by atoms with E-state index < -0.39 is 48.5 Å². The van der Waals surface area contributed by atoms with Crippen LogP contribution in [0.5, 0.6) is 0 Å². The van der Waals surface area contributed by atoms with Crippen LogP contribution in [0.3, 0.4) is 0 Å². The molecule has 1 fully saturated rings. The number of aliphatic hydroxyl groups excluding tert-OH is 2. The van der Waals surface area contributed by atoms with Gasteiger partial charge in [0.1, 0.15) is 35.6 Å². The standard InChI is InChI=1S/C24H20BrClF4N6O3/c1-11-31-33-23(36(11)18-7-13(26)3-4-14(18)24(28,29)30)20-8-19(22(38)21(10-37)39-20)35-9-17(32-34-35)12-2-5-15(25)16(27)6-12/h2-7,9,19-22,37-38H,8,10H2,1H3. The second kappa shape index (κ2) is 10.6. The van der Waals surface area contributed by atoms with E-state index in [9.17, 15) is 27.8 Å². The zero-order chi connectivity index (χ0) is 28.1. The van der Waals surface area contributed by atoms with Gasteiger partial charge in [-0.15, -0.1) is 15.3 Å². The molecule has 5 rings (SSSR count). The summed E-state index contributed by atoms with van der Waals surface area (Å²) in [5.74, 6) is -0.335. The van der Waals surface area contributed by atoms with Gasteiger partial charge in [0.15, 0.2) is 5.82 Å². The van der Waals surface area contributed by atoms with Crippen molar-refractivity contribution in [3.63, 3.8) is 0 Å². The summed E-state index contributed by atoms with van der Waals surface area (Å²) in [6, 6.07) is 6.76. The van der Waals surface area contributed by atoms with Gasteiger partial charge in [0, 0.05) is 17.0 Å². The molecule has 3 heterocycles. The Morgan fingerprint density at radius 3 is 2.62 bits per heavy atom. The number of nitrogens with zero attached hydrogens (tertiary/aromatic N) is 6. The topological polar surface area (TPSA) is 111 Å². The van der Waals surface area contributed by atoms with Crippen molar-refractivity contribution in [1.29, 1.82) is 0 Å². The van der Waals surface area contributed by atoms with E-state index in [0.717, 1.165) is 18.2 Å². The van der Waals surface area contributed by atoms with E-state index in [2.05, 4.69) is 36.4 Å². The lowest BCUT2D eigenvalue weighted by Gasteiger charge is -2.38. The van der Waals surface area contributed by atoms with Crippen LogP contribution in [0.4, 0.5) is 17.6 Å². The number of aryl methyl sites for hydroxylation is 1. The first-order chi connectivity index (χ1) is 18.5. The number of alkyl halides is 3. The van der Waals surface area contributed by atoms with Crippen molar-refractivity contribution < 1.29 is 32.5 Å². The number of aromatic nitrogens is 6. The lowest BCUT2D eigenvalue weighted by atomic mass is 9.95. The van der Waals surface area contributed by atoms with Crippen LogP contribution in [0.15, 0.2) is 47.1 Å². The molecule has 4 unspecified atom stereocenters. The Morgan fingerprint density at radius 2 is 1.92 bits per heavy atom.